The Morgan fingerprint density at radius 3 is 0.917 bits per heavy atom. The minimum atomic E-state index is 0. The average Bonchev–Trinajstić information content (AvgIpc) is 2.87. The zero-order chi connectivity index (χ0) is 24.1. The van der Waals surface area contributed by atoms with E-state index in [1.54, 1.807) is 0 Å². The van der Waals surface area contributed by atoms with Gasteiger partial charge in [0, 0.05) is 37.1 Å². The van der Waals surface area contributed by atoms with Crippen LogP contribution >= 0.6 is 25.3 Å². The Morgan fingerprint density at radius 1 is 0.389 bits per heavy atom. The van der Waals surface area contributed by atoms with Crippen LogP contribution in [0.1, 0.15) is 103 Å². The molecule has 0 saturated heterocycles. The van der Waals surface area contributed by atoms with E-state index in [0.717, 1.165) is 24.6 Å². The Balaban J connectivity index is 0.00000612. The van der Waals surface area contributed by atoms with Gasteiger partial charge in [-0.3, -0.25) is 0 Å². The summed E-state index contributed by atoms with van der Waals surface area (Å²) in [5, 5.41) is 0. The van der Waals surface area contributed by atoms with Gasteiger partial charge in [-0.2, -0.15) is 25.3 Å². The number of unbranched alkanes of at least 4 members (excludes halogenated alkanes) is 14. The lowest BCUT2D eigenvalue weighted by Crippen LogP contribution is -3.00. The Labute approximate surface area is 254 Å². The highest BCUT2D eigenvalue weighted by Gasteiger charge is 2.06. The number of rotatable bonds is 21. The maximum Gasteiger partial charge on any atom is 0.169 e. The van der Waals surface area contributed by atoms with Gasteiger partial charge in [0.15, 0.2) is 24.8 Å². The fourth-order valence-electron chi connectivity index (χ4n) is 4.53. The molecule has 0 N–H and O–H groups in total. The molecular weight excluding hydrogens is 612 g/mol. The molecule has 0 aromatic carbocycles. The molecule has 0 bridgehead atoms. The van der Waals surface area contributed by atoms with Crippen molar-refractivity contribution in [3.05, 3.63) is 49.1 Å². The fraction of sp³-hybridized carbons (Fsp3) is 0.667. The number of nitrogens with zero attached hydrogens (tertiary/aromatic N) is 2. The lowest BCUT2D eigenvalue weighted by atomic mass is 10.1. The van der Waals surface area contributed by atoms with Gasteiger partial charge in [-0.05, 0) is 48.3 Å². The van der Waals surface area contributed by atoms with Crippen LogP contribution in [0.2, 0.25) is 0 Å². The summed E-state index contributed by atoms with van der Waals surface area (Å²) in [6, 6.07) is 9.05. The smallest absolute Gasteiger partial charge is 0.169 e. The van der Waals surface area contributed by atoms with E-state index in [1.807, 2.05) is 0 Å². The highest BCUT2D eigenvalue weighted by molar-refractivity contribution is 7.80. The van der Waals surface area contributed by atoms with E-state index in [0.29, 0.717) is 0 Å². The van der Waals surface area contributed by atoms with E-state index in [2.05, 4.69) is 83.4 Å². The van der Waals surface area contributed by atoms with Crippen molar-refractivity contribution in [1.82, 2.24) is 0 Å². The number of pyridine rings is 2. The van der Waals surface area contributed by atoms with Crippen molar-refractivity contribution in [2.24, 2.45) is 0 Å². The van der Waals surface area contributed by atoms with Crippen LogP contribution in [0.5, 0.6) is 0 Å². The van der Waals surface area contributed by atoms with Crippen molar-refractivity contribution < 1.29 is 43.1 Å². The van der Waals surface area contributed by atoms with Crippen LogP contribution in [0, 0.1) is 0 Å². The zero-order valence-electron chi connectivity index (χ0n) is 22.3. The third kappa shape index (κ3) is 17.5. The monoisotopic (exact) mass is 660 g/mol. The molecule has 2 aromatic heterocycles. The van der Waals surface area contributed by atoms with Crippen molar-refractivity contribution in [2.75, 3.05) is 11.5 Å². The van der Waals surface area contributed by atoms with Gasteiger partial charge in [-0.25, -0.2) is 9.13 Å². The first kappa shape index (κ1) is 36.0. The minimum absolute atomic E-state index is 0. The van der Waals surface area contributed by atoms with Crippen LogP contribution in [0.4, 0.5) is 0 Å². The van der Waals surface area contributed by atoms with Crippen molar-refractivity contribution in [3.8, 4) is 11.1 Å². The second-order valence-corrected chi connectivity index (χ2v) is 10.6. The molecule has 0 aliphatic rings. The van der Waals surface area contributed by atoms with Crippen molar-refractivity contribution in [2.45, 2.75) is 116 Å². The summed E-state index contributed by atoms with van der Waals surface area (Å²) >= 11 is 8.56. The summed E-state index contributed by atoms with van der Waals surface area (Å²) < 4.78 is 4.67. The molecule has 0 radical (unpaired) electrons. The SMILES string of the molecule is SCCCCCCCCCC[n+]1ccc(-c2cc[n+](CCCCCCCCCCS)cc2)cc1.[Br-].[Br-]. The second-order valence-electron chi connectivity index (χ2n) is 9.75. The molecule has 206 valence electrons. The summed E-state index contributed by atoms with van der Waals surface area (Å²) in [5.41, 5.74) is 2.62. The molecule has 0 unspecified atom stereocenters. The summed E-state index contributed by atoms with van der Waals surface area (Å²) in [6.45, 7) is 2.26. The van der Waals surface area contributed by atoms with E-state index in [1.165, 1.54) is 114 Å². The maximum absolute atomic E-state index is 4.28. The van der Waals surface area contributed by atoms with Gasteiger partial charge in [0.05, 0.1) is 0 Å². The summed E-state index contributed by atoms with van der Waals surface area (Å²) in [5.74, 6) is 2.08. The molecule has 6 heteroatoms. The predicted octanol–water partition coefficient (Wildman–Crippen LogP) is 2.04. The van der Waals surface area contributed by atoms with Gasteiger partial charge in [0.25, 0.3) is 0 Å². The molecule has 0 aliphatic carbocycles. The summed E-state index contributed by atoms with van der Waals surface area (Å²) in [7, 11) is 0. The van der Waals surface area contributed by atoms with Crippen LogP contribution in [0.25, 0.3) is 11.1 Å². The third-order valence-corrected chi connectivity index (χ3v) is 7.40. The van der Waals surface area contributed by atoms with Crippen molar-refractivity contribution >= 4 is 25.3 Å². The number of hydrogen-bond acceptors (Lipinski definition) is 2. The molecule has 0 atom stereocenters. The lowest BCUT2D eigenvalue weighted by Gasteiger charge is -2.03. The van der Waals surface area contributed by atoms with Crippen molar-refractivity contribution in [3.63, 3.8) is 0 Å². The lowest BCUT2D eigenvalue weighted by molar-refractivity contribution is -0.697. The quantitative estimate of drug-likeness (QED) is 0.115. The molecular formula is C30H50Br2N2S2. The molecule has 2 aromatic rings. The van der Waals surface area contributed by atoms with Crippen LogP contribution in [-0.4, -0.2) is 11.5 Å². The normalized spacial score (nSPS) is 10.6. The van der Waals surface area contributed by atoms with Gasteiger partial charge >= 0.3 is 0 Å². The topological polar surface area (TPSA) is 7.76 Å². The maximum atomic E-state index is 4.28. The van der Waals surface area contributed by atoms with Crippen LogP contribution in [0.15, 0.2) is 49.1 Å². The van der Waals surface area contributed by atoms with Gasteiger partial charge in [0.2, 0.25) is 0 Å². The molecule has 0 fully saturated rings. The predicted molar refractivity (Wildman–Crippen MR) is 154 cm³/mol. The first-order valence-corrected chi connectivity index (χ1v) is 15.3. The first-order valence-electron chi connectivity index (χ1n) is 14.0. The fourth-order valence-corrected chi connectivity index (χ4v) is 4.98. The van der Waals surface area contributed by atoms with Gasteiger partial charge in [-0.1, -0.05) is 64.2 Å². The third-order valence-electron chi connectivity index (χ3n) is 6.76. The molecule has 2 heterocycles. The number of aromatic nitrogens is 2. The van der Waals surface area contributed by atoms with Gasteiger partial charge in [-0.15, -0.1) is 0 Å². The van der Waals surface area contributed by atoms with E-state index in [-0.39, 0.29) is 34.0 Å². The molecule has 0 saturated carbocycles. The standard InChI is InChI=1S/C30H48N2S2.2BrH/c33-27-15-11-7-3-1-5-9-13-21-31-23-17-29(18-24-31)30-19-25-32(26-20-30)22-14-10-6-2-4-8-12-16-28-34;;/h17-20,23-26H,1-16,21-22,27-28H2;2*1H. The Morgan fingerprint density at radius 2 is 0.639 bits per heavy atom. The Bertz CT molecular complexity index is 663. The minimum Gasteiger partial charge on any atom is -1.00 e. The number of thiol groups is 2. The van der Waals surface area contributed by atoms with Crippen molar-refractivity contribution in [1.29, 1.82) is 0 Å². The van der Waals surface area contributed by atoms with E-state index in [9.17, 15) is 0 Å². The highest BCUT2D eigenvalue weighted by Crippen LogP contribution is 2.16. The number of aryl methyl sites for hydroxylation is 2. The molecule has 2 rings (SSSR count). The molecule has 0 spiro atoms. The molecule has 36 heavy (non-hydrogen) atoms. The van der Waals surface area contributed by atoms with Crippen LogP contribution in [0.3, 0.4) is 0 Å². The average molecular weight is 663 g/mol. The Kier molecular flexibility index (Phi) is 25.2. The molecule has 0 amide bonds. The van der Waals surface area contributed by atoms with Gasteiger partial charge < -0.3 is 34.0 Å². The zero-order valence-corrected chi connectivity index (χ0v) is 27.3. The first-order chi connectivity index (χ1) is 16.8. The van der Waals surface area contributed by atoms with Crippen LogP contribution < -0.4 is 43.1 Å². The van der Waals surface area contributed by atoms with E-state index < -0.39 is 0 Å². The van der Waals surface area contributed by atoms with Gasteiger partial charge in [0.1, 0.15) is 13.1 Å². The number of hydrogen-bond donors (Lipinski definition) is 2. The largest absolute Gasteiger partial charge is 1.00 e. The summed E-state index contributed by atoms with van der Waals surface area (Å²) in [6.07, 6.45) is 30.6. The summed E-state index contributed by atoms with van der Waals surface area (Å²) in [4.78, 5) is 0. The Hall–Kier alpha value is -0.0400. The molecule has 0 aliphatic heterocycles. The van der Waals surface area contributed by atoms with E-state index in [4.69, 9.17) is 0 Å². The number of halogens is 2. The highest BCUT2D eigenvalue weighted by atomic mass is 79.9. The van der Waals surface area contributed by atoms with E-state index >= 15 is 0 Å². The second kappa shape index (κ2) is 25.2. The van der Waals surface area contributed by atoms with Crippen LogP contribution in [-0.2, 0) is 13.1 Å². The molecule has 2 nitrogen and oxygen atoms in total.